The van der Waals surface area contributed by atoms with Crippen molar-refractivity contribution in [1.82, 2.24) is 9.29 Å². The van der Waals surface area contributed by atoms with E-state index in [-0.39, 0.29) is 10.3 Å². The monoisotopic (exact) mass is 298 g/mol. The summed E-state index contributed by atoms with van der Waals surface area (Å²) >= 11 is 0. The van der Waals surface area contributed by atoms with Gasteiger partial charge in [0, 0.05) is 31.5 Å². The molecule has 1 aliphatic rings. The molecule has 112 valence electrons. The van der Waals surface area contributed by atoms with Crippen molar-refractivity contribution in [3.05, 3.63) is 28.7 Å². The van der Waals surface area contributed by atoms with Crippen molar-refractivity contribution >= 4 is 10.0 Å². The molecule has 0 aliphatic carbocycles. The van der Waals surface area contributed by atoms with Crippen LogP contribution in [-0.4, -0.2) is 30.8 Å². The molecule has 0 aromatic carbocycles. The van der Waals surface area contributed by atoms with Gasteiger partial charge in [0.15, 0.2) is 0 Å². The van der Waals surface area contributed by atoms with Crippen LogP contribution in [0.4, 0.5) is 0 Å². The Morgan fingerprint density at radius 3 is 2.35 bits per heavy atom. The van der Waals surface area contributed by atoms with Crippen LogP contribution in [0.25, 0.3) is 0 Å². The average molecular weight is 298 g/mol. The van der Waals surface area contributed by atoms with E-state index in [2.05, 4.69) is 25.8 Å². The van der Waals surface area contributed by atoms with Crippen LogP contribution in [0.1, 0.15) is 33.6 Å². The number of nitrogens with zero attached hydrogens (tertiary/aromatic N) is 1. The summed E-state index contributed by atoms with van der Waals surface area (Å²) < 4.78 is 26.4. The third-order valence-electron chi connectivity index (χ3n) is 4.08. The molecule has 6 heteroatoms. The smallest absolute Gasteiger partial charge is 0.248 e. The first-order valence-corrected chi connectivity index (χ1v) is 8.34. The van der Waals surface area contributed by atoms with Gasteiger partial charge in [-0.2, -0.15) is 4.31 Å². The molecule has 1 aromatic rings. The minimum Gasteiger partial charge on any atom is -0.366 e. The van der Waals surface area contributed by atoms with Gasteiger partial charge in [0.2, 0.25) is 15.5 Å². The number of piperidine rings is 1. The summed E-state index contributed by atoms with van der Waals surface area (Å²) in [4.78, 5) is 14.2. The second-order valence-corrected chi connectivity index (χ2v) is 8.32. The summed E-state index contributed by atoms with van der Waals surface area (Å²) in [6, 6.07) is 1.24. The molecule has 0 radical (unpaired) electrons. The molecule has 1 fully saturated rings. The first-order valence-electron chi connectivity index (χ1n) is 6.90. The largest absolute Gasteiger partial charge is 0.366 e. The van der Waals surface area contributed by atoms with E-state index in [1.54, 1.807) is 0 Å². The Kier molecular flexibility index (Phi) is 4.07. The zero-order valence-corrected chi connectivity index (χ0v) is 13.0. The highest BCUT2D eigenvalue weighted by atomic mass is 32.2. The summed E-state index contributed by atoms with van der Waals surface area (Å²) in [6.45, 7) is 7.52. The van der Waals surface area contributed by atoms with Crippen LogP contribution >= 0.6 is 0 Å². The molecule has 1 saturated heterocycles. The SMILES string of the molecule is CC(C)(C)C1CCN(S(=O)(=O)c2c[nH]ccc2=O)CC1. The summed E-state index contributed by atoms with van der Waals surface area (Å²) in [6.07, 6.45) is 4.39. The number of aromatic nitrogens is 1. The van der Waals surface area contributed by atoms with Crippen LogP contribution < -0.4 is 5.43 Å². The number of sulfonamides is 1. The molecular formula is C14H22N2O3S. The predicted octanol–water partition coefficient (Wildman–Crippen LogP) is 1.82. The number of pyridine rings is 1. The summed E-state index contributed by atoms with van der Waals surface area (Å²) in [5, 5.41) is 0. The number of nitrogens with one attached hydrogen (secondary N) is 1. The van der Waals surface area contributed by atoms with E-state index in [1.807, 2.05) is 0 Å². The van der Waals surface area contributed by atoms with Gasteiger partial charge in [-0.3, -0.25) is 4.79 Å². The molecule has 0 saturated carbocycles. The van der Waals surface area contributed by atoms with Crippen LogP contribution in [0, 0.1) is 11.3 Å². The molecule has 0 atom stereocenters. The highest BCUT2D eigenvalue weighted by Crippen LogP contribution is 2.35. The minimum absolute atomic E-state index is 0.158. The van der Waals surface area contributed by atoms with E-state index >= 15 is 0 Å². The topological polar surface area (TPSA) is 70.2 Å². The van der Waals surface area contributed by atoms with Gasteiger partial charge in [-0.25, -0.2) is 8.42 Å². The Morgan fingerprint density at radius 1 is 1.25 bits per heavy atom. The number of aromatic amines is 1. The van der Waals surface area contributed by atoms with Gasteiger partial charge in [-0.1, -0.05) is 20.8 Å². The lowest BCUT2D eigenvalue weighted by atomic mass is 9.76. The molecule has 1 aromatic heterocycles. The van der Waals surface area contributed by atoms with Gasteiger partial charge in [-0.05, 0) is 24.2 Å². The van der Waals surface area contributed by atoms with E-state index in [4.69, 9.17) is 0 Å². The average Bonchev–Trinajstić information content (AvgIpc) is 2.38. The number of hydrogen-bond donors (Lipinski definition) is 1. The first kappa shape index (κ1) is 15.3. The summed E-state index contributed by atoms with van der Waals surface area (Å²) in [7, 11) is -3.67. The Balaban J connectivity index is 2.18. The molecule has 0 spiro atoms. The molecule has 0 amide bonds. The third-order valence-corrected chi connectivity index (χ3v) is 6.00. The maximum absolute atomic E-state index is 12.5. The molecule has 2 rings (SSSR count). The maximum Gasteiger partial charge on any atom is 0.248 e. The van der Waals surface area contributed by atoms with Crippen LogP contribution in [0.15, 0.2) is 28.2 Å². The quantitative estimate of drug-likeness (QED) is 0.905. The molecule has 0 unspecified atom stereocenters. The van der Waals surface area contributed by atoms with Gasteiger partial charge in [0.25, 0.3) is 0 Å². The standard InChI is InChI=1S/C14H22N2O3S/c1-14(2,3)11-5-8-16(9-6-11)20(18,19)13-10-15-7-4-12(13)17/h4,7,10-11H,5-6,8-9H2,1-3H3,(H,15,17). The van der Waals surface area contributed by atoms with Crippen LogP contribution in [-0.2, 0) is 10.0 Å². The molecule has 5 nitrogen and oxygen atoms in total. The van der Waals surface area contributed by atoms with Crippen molar-refractivity contribution < 1.29 is 8.42 Å². The Hall–Kier alpha value is -1.14. The van der Waals surface area contributed by atoms with Gasteiger partial charge < -0.3 is 4.98 Å². The molecule has 2 heterocycles. The predicted molar refractivity (Wildman–Crippen MR) is 78.0 cm³/mol. The summed E-state index contributed by atoms with van der Waals surface area (Å²) in [5.41, 5.74) is -0.262. The zero-order chi connectivity index (χ0) is 15.0. The molecule has 0 bridgehead atoms. The maximum atomic E-state index is 12.5. The molecular weight excluding hydrogens is 276 g/mol. The summed E-state index contributed by atoms with van der Waals surface area (Å²) in [5.74, 6) is 0.517. The van der Waals surface area contributed by atoms with Crippen molar-refractivity contribution in [2.75, 3.05) is 13.1 Å². The fourth-order valence-corrected chi connectivity index (χ4v) is 4.21. The number of hydrogen-bond acceptors (Lipinski definition) is 3. The Morgan fingerprint density at radius 2 is 1.85 bits per heavy atom. The number of H-pyrrole nitrogens is 1. The van der Waals surface area contributed by atoms with Crippen molar-refractivity contribution in [1.29, 1.82) is 0 Å². The highest BCUT2D eigenvalue weighted by molar-refractivity contribution is 7.89. The van der Waals surface area contributed by atoms with E-state index in [0.29, 0.717) is 19.0 Å². The van der Waals surface area contributed by atoms with Crippen molar-refractivity contribution in [2.24, 2.45) is 11.3 Å². The normalized spacial score (nSPS) is 19.1. The van der Waals surface area contributed by atoms with Crippen LogP contribution in [0.2, 0.25) is 0 Å². The third kappa shape index (κ3) is 2.96. The fourth-order valence-electron chi connectivity index (χ4n) is 2.70. The van der Waals surface area contributed by atoms with Gasteiger partial charge in [0.1, 0.15) is 4.90 Å². The Bertz CT molecular complexity index is 620. The minimum atomic E-state index is -3.67. The Labute approximate surface area is 120 Å². The lowest BCUT2D eigenvalue weighted by Crippen LogP contribution is -2.42. The molecule has 1 N–H and O–H groups in total. The van der Waals surface area contributed by atoms with E-state index in [1.165, 1.54) is 22.8 Å². The first-order chi connectivity index (χ1) is 9.23. The van der Waals surface area contributed by atoms with E-state index < -0.39 is 15.5 Å². The second kappa shape index (κ2) is 5.33. The van der Waals surface area contributed by atoms with Crippen molar-refractivity contribution in [3.8, 4) is 0 Å². The van der Waals surface area contributed by atoms with Gasteiger partial charge >= 0.3 is 0 Å². The van der Waals surface area contributed by atoms with Gasteiger partial charge in [0.05, 0.1) is 0 Å². The van der Waals surface area contributed by atoms with Crippen LogP contribution in [0.3, 0.4) is 0 Å². The molecule has 1 aliphatic heterocycles. The van der Waals surface area contributed by atoms with Crippen molar-refractivity contribution in [2.45, 2.75) is 38.5 Å². The second-order valence-electron chi connectivity index (χ2n) is 6.42. The van der Waals surface area contributed by atoms with Crippen LogP contribution in [0.5, 0.6) is 0 Å². The van der Waals surface area contributed by atoms with Crippen molar-refractivity contribution in [3.63, 3.8) is 0 Å². The van der Waals surface area contributed by atoms with Gasteiger partial charge in [-0.15, -0.1) is 0 Å². The highest BCUT2D eigenvalue weighted by Gasteiger charge is 2.34. The van der Waals surface area contributed by atoms with E-state index in [9.17, 15) is 13.2 Å². The lowest BCUT2D eigenvalue weighted by molar-refractivity contribution is 0.154. The fraction of sp³-hybridized carbons (Fsp3) is 0.643. The molecule has 20 heavy (non-hydrogen) atoms. The van der Waals surface area contributed by atoms with E-state index in [0.717, 1.165) is 12.8 Å². The lowest BCUT2D eigenvalue weighted by Gasteiger charge is -2.38. The zero-order valence-electron chi connectivity index (χ0n) is 12.2. The number of rotatable bonds is 2.